The zero-order valence-corrected chi connectivity index (χ0v) is 15.6. The number of rotatable bonds is 6. The molecule has 0 fully saturated rings. The van der Waals surface area contributed by atoms with Gasteiger partial charge in [-0.3, -0.25) is 4.79 Å². The van der Waals surface area contributed by atoms with E-state index in [1.54, 1.807) is 36.1 Å². The van der Waals surface area contributed by atoms with Crippen molar-refractivity contribution in [2.75, 3.05) is 18.2 Å². The fourth-order valence-electron chi connectivity index (χ4n) is 2.40. The topological polar surface area (TPSA) is 81.9 Å². The highest BCUT2D eigenvalue weighted by atomic mass is 32.2. The second kappa shape index (κ2) is 8.01. The average molecular weight is 369 g/mol. The van der Waals surface area contributed by atoms with Gasteiger partial charge in [0.25, 0.3) is 0 Å². The van der Waals surface area contributed by atoms with Crippen LogP contribution in [0.25, 0.3) is 5.82 Å². The molecule has 1 aromatic carbocycles. The molecule has 0 aliphatic heterocycles. The fourth-order valence-corrected chi connectivity index (χ4v) is 3.06. The van der Waals surface area contributed by atoms with Crippen molar-refractivity contribution in [3.8, 4) is 11.6 Å². The first kappa shape index (κ1) is 17.9. The molecule has 0 atom stereocenters. The number of methoxy groups -OCH3 is 1. The minimum atomic E-state index is -0.105. The molecule has 26 heavy (non-hydrogen) atoms. The first-order chi connectivity index (χ1) is 12.5. The third-order valence-corrected chi connectivity index (χ3v) is 4.50. The van der Waals surface area contributed by atoms with Crippen LogP contribution in [0.2, 0.25) is 0 Å². The van der Waals surface area contributed by atoms with Crippen molar-refractivity contribution >= 4 is 23.4 Å². The van der Waals surface area contributed by atoms with Crippen molar-refractivity contribution in [1.82, 2.24) is 19.7 Å². The summed E-state index contributed by atoms with van der Waals surface area (Å²) in [4.78, 5) is 20.6. The van der Waals surface area contributed by atoms with Gasteiger partial charge in [0.15, 0.2) is 5.82 Å². The maximum Gasteiger partial charge on any atom is 0.234 e. The van der Waals surface area contributed by atoms with Gasteiger partial charge >= 0.3 is 0 Å². The number of carbonyl (C=O) groups is 1. The predicted octanol–water partition coefficient (Wildman–Crippen LogP) is 3.02. The van der Waals surface area contributed by atoms with E-state index in [1.165, 1.54) is 18.1 Å². The molecule has 1 N–H and O–H groups in total. The number of hydrogen-bond donors (Lipinski definition) is 1. The molecule has 0 radical (unpaired) electrons. The molecule has 0 saturated carbocycles. The van der Waals surface area contributed by atoms with Crippen LogP contribution in [-0.2, 0) is 4.79 Å². The largest absolute Gasteiger partial charge is 0.497 e. The average Bonchev–Trinajstić information content (AvgIpc) is 2.99. The van der Waals surface area contributed by atoms with Crippen molar-refractivity contribution in [2.24, 2.45) is 0 Å². The van der Waals surface area contributed by atoms with Gasteiger partial charge in [0.2, 0.25) is 5.91 Å². The van der Waals surface area contributed by atoms with Gasteiger partial charge < -0.3 is 10.1 Å². The third-order valence-electron chi connectivity index (χ3n) is 3.58. The number of benzene rings is 1. The number of aromatic nitrogens is 4. The lowest BCUT2D eigenvalue weighted by molar-refractivity contribution is -0.113. The summed E-state index contributed by atoms with van der Waals surface area (Å²) in [6.45, 7) is 3.90. The zero-order valence-electron chi connectivity index (χ0n) is 14.8. The number of aryl methyl sites for hydroxylation is 2. The molecule has 134 valence electrons. The first-order valence-electron chi connectivity index (χ1n) is 7.97. The second-order valence-electron chi connectivity index (χ2n) is 5.62. The van der Waals surface area contributed by atoms with Gasteiger partial charge in [0, 0.05) is 17.4 Å². The monoisotopic (exact) mass is 369 g/mol. The highest BCUT2D eigenvalue weighted by Gasteiger charge is 2.09. The van der Waals surface area contributed by atoms with Crippen molar-refractivity contribution in [1.29, 1.82) is 0 Å². The van der Waals surface area contributed by atoms with E-state index in [2.05, 4.69) is 20.4 Å². The minimum absolute atomic E-state index is 0.105. The van der Waals surface area contributed by atoms with Crippen molar-refractivity contribution in [2.45, 2.75) is 18.9 Å². The van der Waals surface area contributed by atoms with E-state index in [0.717, 1.165) is 22.8 Å². The molecule has 3 aromatic rings. The Kier molecular flexibility index (Phi) is 5.52. The van der Waals surface area contributed by atoms with E-state index in [9.17, 15) is 4.79 Å². The fraction of sp³-hybridized carbons (Fsp3) is 0.222. The Morgan fingerprint density at radius 2 is 1.96 bits per heavy atom. The lowest BCUT2D eigenvalue weighted by atomic mass is 10.3. The lowest BCUT2D eigenvalue weighted by Crippen LogP contribution is -2.14. The molecule has 0 bridgehead atoms. The third kappa shape index (κ3) is 4.40. The molecule has 0 aliphatic carbocycles. The Bertz CT molecular complexity index is 908. The maximum atomic E-state index is 12.1. The van der Waals surface area contributed by atoms with Crippen molar-refractivity contribution < 1.29 is 9.53 Å². The summed E-state index contributed by atoms with van der Waals surface area (Å²) in [5.41, 5.74) is 2.64. The Morgan fingerprint density at radius 1 is 1.19 bits per heavy atom. The number of nitrogens with one attached hydrogen (secondary N) is 1. The van der Waals surface area contributed by atoms with Crippen molar-refractivity contribution in [3.63, 3.8) is 0 Å². The summed E-state index contributed by atoms with van der Waals surface area (Å²) < 4.78 is 6.86. The van der Waals surface area contributed by atoms with E-state index in [0.29, 0.717) is 10.8 Å². The van der Waals surface area contributed by atoms with Crippen LogP contribution in [0.4, 0.5) is 5.69 Å². The number of hydrogen-bond acceptors (Lipinski definition) is 6. The first-order valence-corrected chi connectivity index (χ1v) is 8.96. The van der Waals surface area contributed by atoms with Gasteiger partial charge in [-0.25, -0.2) is 14.6 Å². The SMILES string of the molecule is COc1ccc(NC(=O)CSc2cc(-n3nc(C)cc3C)ncn2)cc1. The van der Waals surface area contributed by atoms with Gasteiger partial charge in [-0.05, 0) is 44.2 Å². The molecule has 1 amide bonds. The number of nitrogens with zero attached hydrogens (tertiary/aromatic N) is 4. The molecule has 7 nitrogen and oxygen atoms in total. The molecule has 3 rings (SSSR count). The number of anilines is 1. The standard InChI is InChI=1S/C18H19N5O2S/c1-12-8-13(2)23(22-12)16-9-18(20-11-19-16)26-10-17(24)21-14-4-6-15(25-3)7-5-14/h4-9,11H,10H2,1-3H3,(H,21,24). The van der Waals surface area contributed by atoms with E-state index < -0.39 is 0 Å². The van der Waals surface area contributed by atoms with Crippen LogP contribution in [0.1, 0.15) is 11.4 Å². The van der Waals surface area contributed by atoms with Crippen LogP contribution >= 0.6 is 11.8 Å². The molecule has 0 unspecified atom stereocenters. The summed E-state index contributed by atoms with van der Waals surface area (Å²) in [5.74, 6) is 1.57. The molecule has 0 spiro atoms. The minimum Gasteiger partial charge on any atom is -0.497 e. The lowest BCUT2D eigenvalue weighted by Gasteiger charge is -2.07. The van der Waals surface area contributed by atoms with Crippen LogP contribution < -0.4 is 10.1 Å². The summed E-state index contributed by atoms with van der Waals surface area (Å²) >= 11 is 1.35. The number of amides is 1. The Morgan fingerprint density at radius 3 is 2.62 bits per heavy atom. The Balaban J connectivity index is 1.61. The highest BCUT2D eigenvalue weighted by Crippen LogP contribution is 2.19. The molecule has 0 saturated heterocycles. The molecular formula is C18H19N5O2S. The van der Waals surface area contributed by atoms with E-state index in [-0.39, 0.29) is 11.7 Å². The van der Waals surface area contributed by atoms with Gasteiger partial charge in [-0.15, -0.1) is 0 Å². The predicted molar refractivity (Wildman–Crippen MR) is 101 cm³/mol. The van der Waals surface area contributed by atoms with E-state index >= 15 is 0 Å². The van der Waals surface area contributed by atoms with E-state index in [4.69, 9.17) is 4.74 Å². The summed E-state index contributed by atoms with van der Waals surface area (Å²) in [5, 5.41) is 7.98. The van der Waals surface area contributed by atoms with Gasteiger partial charge in [0.05, 0.1) is 18.6 Å². The molecule has 8 heteroatoms. The van der Waals surface area contributed by atoms with Crippen LogP contribution in [0.15, 0.2) is 47.8 Å². The molecular weight excluding hydrogens is 350 g/mol. The summed E-state index contributed by atoms with van der Waals surface area (Å²) in [7, 11) is 1.60. The quantitative estimate of drug-likeness (QED) is 0.531. The molecule has 2 heterocycles. The number of ether oxygens (including phenoxy) is 1. The number of carbonyl (C=O) groups excluding carboxylic acids is 1. The summed E-state index contributed by atoms with van der Waals surface area (Å²) in [6.07, 6.45) is 1.48. The van der Waals surface area contributed by atoms with Crippen LogP contribution in [0.3, 0.4) is 0 Å². The van der Waals surface area contributed by atoms with Crippen LogP contribution in [0, 0.1) is 13.8 Å². The number of thioether (sulfide) groups is 1. The second-order valence-corrected chi connectivity index (χ2v) is 6.61. The van der Waals surface area contributed by atoms with Gasteiger partial charge in [-0.1, -0.05) is 11.8 Å². The van der Waals surface area contributed by atoms with Gasteiger partial charge in [0.1, 0.15) is 17.1 Å². The van der Waals surface area contributed by atoms with Gasteiger partial charge in [-0.2, -0.15) is 5.10 Å². The highest BCUT2D eigenvalue weighted by molar-refractivity contribution is 7.99. The Hall–Kier alpha value is -2.87. The molecule has 2 aromatic heterocycles. The summed E-state index contributed by atoms with van der Waals surface area (Å²) in [6, 6.07) is 11.0. The maximum absolute atomic E-state index is 12.1. The van der Waals surface area contributed by atoms with E-state index in [1.807, 2.05) is 26.0 Å². The van der Waals surface area contributed by atoms with Crippen molar-refractivity contribution in [3.05, 3.63) is 54.1 Å². The van der Waals surface area contributed by atoms with Crippen LogP contribution in [-0.4, -0.2) is 38.5 Å². The van der Waals surface area contributed by atoms with Crippen LogP contribution in [0.5, 0.6) is 5.75 Å². The zero-order chi connectivity index (χ0) is 18.5. The smallest absolute Gasteiger partial charge is 0.234 e. The normalized spacial score (nSPS) is 10.6. The molecule has 0 aliphatic rings. The Labute approximate surface area is 155 Å².